The summed E-state index contributed by atoms with van der Waals surface area (Å²) in [5.41, 5.74) is 10.0. The van der Waals surface area contributed by atoms with Crippen molar-refractivity contribution < 1.29 is 22.7 Å². The topological polar surface area (TPSA) is 158 Å². The van der Waals surface area contributed by atoms with Gasteiger partial charge in [0.15, 0.2) is 0 Å². The number of benzene rings is 3. The Bertz CT molecular complexity index is 2310. The molecule has 1 aliphatic rings. The van der Waals surface area contributed by atoms with Crippen molar-refractivity contribution in [3.05, 3.63) is 101 Å². The number of fused-ring (bicyclic) bond motifs is 2. The van der Waals surface area contributed by atoms with E-state index in [2.05, 4.69) is 15.1 Å². The number of anilines is 1. The molecular weight excluding hydrogens is 618 g/mol. The summed E-state index contributed by atoms with van der Waals surface area (Å²) >= 11 is 0. The van der Waals surface area contributed by atoms with Crippen molar-refractivity contribution in [2.45, 2.75) is 44.8 Å². The van der Waals surface area contributed by atoms with Gasteiger partial charge in [-0.25, -0.2) is 22.1 Å². The highest BCUT2D eigenvalue weighted by atomic mass is 32.2. The minimum absolute atomic E-state index is 0.0114. The van der Waals surface area contributed by atoms with Crippen LogP contribution >= 0.6 is 0 Å². The van der Waals surface area contributed by atoms with Crippen molar-refractivity contribution in [2.24, 2.45) is 0 Å². The lowest BCUT2D eigenvalue weighted by Crippen LogP contribution is -2.48. The van der Waals surface area contributed by atoms with Gasteiger partial charge in [0.1, 0.15) is 17.3 Å². The Morgan fingerprint density at radius 3 is 2.40 bits per heavy atom. The van der Waals surface area contributed by atoms with Gasteiger partial charge in [0.2, 0.25) is 5.78 Å². The van der Waals surface area contributed by atoms with E-state index in [1.807, 2.05) is 33.8 Å². The number of nitrogen functional groups attached to an aromatic ring is 1. The van der Waals surface area contributed by atoms with Gasteiger partial charge in [-0.3, -0.25) is 9.59 Å². The maximum Gasteiger partial charge on any atom is 0.268 e. The Balaban J connectivity index is 1.34. The Morgan fingerprint density at radius 2 is 1.68 bits per heavy atom. The van der Waals surface area contributed by atoms with Crippen molar-refractivity contribution in [3.63, 3.8) is 0 Å². The molecule has 1 aliphatic heterocycles. The van der Waals surface area contributed by atoms with Crippen LogP contribution in [0.4, 0.5) is 5.82 Å². The van der Waals surface area contributed by atoms with Crippen LogP contribution in [0.1, 0.15) is 51.6 Å². The van der Waals surface area contributed by atoms with E-state index < -0.39 is 15.8 Å². The van der Waals surface area contributed by atoms with E-state index in [0.717, 1.165) is 20.9 Å². The molecule has 0 spiro atoms. The third kappa shape index (κ3) is 5.26. The van der Waals surface area contributed by atoms with Crippen LogP contribution in [-0.2, 0) is 14.8 Å². The molecule has 3 aromatic carbocycles. The third-order valence-corrected chi connectivity index (χ3v) is 10.1. The second-order valence-corrected chi connectivity index (χ2v) is 13.8. The number of carbonyl (C=O) groups is 2. The van der Waals surface area contributed by atoms with E-state index in [9.17, 15) is 18.0 Å². The summed E-state index contributed by atoms with van der Waals surface area (Å²) < 4.78 is 36.7. The Hall–Kier alpha value is -5.27. The number of aromatic amines is 1. The van der Waals surface area contributed by atoms with E-state index in [1.54, 1.807) is 47.4 Å². The summed E-state index contributed by atoms with van der Waals surface area (Å²) in [7, 11) is -4.27. The molecule has 0 radical (unpaired) electrons. The molecule has 2 atom stereocenters. The zero-order valence-electron chi connectivity index (χ0n) is 26.3. The van der Waals surface area contributed by atoms with Crippen molar-refractivity contribution in [2.75, 3.05) is 18.8 Å². The monoisotopic (exact) mass is 651 g/mol. The van der Waals surface area contributed by atoms with E-state index >= 15 is 0 Å². The molecule has 1 amide bonds. The van der Waals surface area contributed by atoms with Gasteiger partial charge in [-0.1, -0.05) is 17.7 Å². The molecule has 0 saturated carbocycles. The molecule has 13 heteroatoms. The number of nitrogens with two attached hydrogens (primary N) is 1. The number of aromatic nitrogens is 5. The number of hydrogen-bond donors (Lipinski definition) is 2. The van der Waals surface area contributed by atoms with Gasteiger partial charge in [0.05, 0.1) is 51.1 Å². The standard InChI is InChI=1S/C34H33N7O5S/c1-19-5-9-26(10-6-19)47(44,45)41-30-12-7-23(34(43)39-17-20(2)46-21(3)18-39)13-24(30)14-31(41)32(42)27-16-36-40(33(27)35)25-8-11-28-29(15-25)38-22(4)37-28/h5-16,20-21H,17-18,35H2,1-4H3,(H,37,38). The number of ether oxygens (including phenoxy) is 1. The fourth-order valence-corrected chi connectivity index (χ4v) is 7.72. The number of morpholine rings is 1. The first-order chi connectivity index (χ1) is 22.4. The number of carbonyl (C=O) groups excluding carboxylic acids is 2. The van der Waals surface area contributed by atoms with Gasteiger partial charge < -0.3 is 20.4 Å². The number of nitrogens with zero attached hydrogens (tertiary/aromatic N) is 5. The molecule has 0 bridgehead atoms. The molecule has 240 valence electrons. The number of aryl methyl sites for hydroxylation is 2. The summed E-state index contributed by atoms with van der Waals surface area (Å²) in [5.74, 6) is -0.0490. The Labute approximate surface area is 270 Å². The third-order valence-electron chi connectivity index (χ3n) is 8.38. The van der Waals surface area contributed by atoms with Crippen molar-refractivity contribution >= 4 is 49.5 Å². The highest BCUT2D eigenvalue weighted by molar-refractivity contribution is 7.90. The first-order valence-electron chi connectivity index (χ1n) is 15.2. The lowest BCUT2D eigenvalue weighted by molar-refractivity contribution is -0.0586. The molecule has 12 nitrogen and oxygen atoms in total. The van der Waals surface area contributed by atoms with Gasteiger partial charge in [-0.05, 0) is 82.3 Å². The van der Waals surface area contributed by atoms with Gasteiger partial charge in [0, 0.05) is 24.0 Å². The fraction of sp³-hybridized carbons (Fsp3) is 0.235. The van der Waals surface area contributed by atoms with E-state index in [0.29, 0.717) is 35.2 Å². The Kier molecular flexibility index (Phi) is 7.25. The molecule has 1 saturated heterocycles. The van der Waals surface area contributed by atoms with E-state index in [1.165, 1.54) is 29.1 Å². The number of H-pyrrole nitrogens is 1. The minimum Gasteiger partial charge on any atom is -0.383 e. The molecule has 6 aromatic rings. The van der Waals surface area contributed by atoms with Gasteiger partial charge in [-0.2, -0.15) is 5.10 Å². The predicted molar refractivity (Wildman–Crippen MR) is 177 cm³/mol. The average Bonchev–Trinajstić information content (AvgIpc) is 3.73. The molecule has 3 aromatic heterocycles. The van der Waals surface area contributed by atoms with Gasteiger partial charge in [-0.15, -0.1) is 0 Å². The van der Waals surface area contributed by atoms with Crippen molar-refractivity contribution in [3.8, 4) is 5.69 Å². The largest absolute Gasteiger partial charge is 0.383 e. The zero-order valence-corrected chi connectivity index (χ0v) is 27.1. The van der Waals surface area contributed by atoms with Gasteiger partial charge >= 0.3 is 0 Å². The SMILES string of the molecule is Cc1ccc(S(=O)(=O)n2c(C(=O)c3cnn(-c4ccc5[nH]c(C)nc5c4)c3N)cc3cc(C(=O)N4CC(C)OC(C)C4)ccc32)cc1. The summed E-state index contributed by atoms with van der Waals surface area (Å²) in [6, 6.07) is 18.1. The Morgan fingerprint density at radius 1 is 0.957 bits per heavy atom. The molecule has 7 rings (SSSR count). The maximum absolute atomic E-state index is 14.3. The van der Waals surface area contributed by atoms with Crippen LogP contribution in [0, 0.1) is 13.8 Å². The second kappa shape index (κ2) is 11.2. The summed E-state index contributed by atoms with van der Waals surface area (Å²) in [6.45, 7) is 8.41. The van der Waals surface area contributed by atoms with E-state index in [-0.39, 0.29) is 45.6 Å². The lowest BCUT2D eigenvalue weighted by Gasteiger charge is -2.35. The summed E-state index contributed by atoms with van der Waals surface area (Å²) in [6.07, 6.45) is 1.09. The minimum atomic E-state index is -4.27. The van der Waals surface area contributed by atoms with E-state index in [4.69, 9.17) is 10.5 Å². The number of imidazole rings is 1. The first-order valence-corrected chi connectivity index (χ1v) is 16.6. The number of hydrogen-bond acceptors (Lipinski definition) is 8. The number of ketones is 1. The van der Waals surface area contributed by atoms with Crippen LogP contribution in [0.2, 0.25) is 0 Å². The molecule has 0 aliphatic carbocycles. The van der Waals surface area contributed by atoms with Crippen molar-refractivity contribution in [1.29, 1.82) is 0 Å². The predicted octanol–water partition coefficient (Wildman–Crippen LogP) is 4.62. The lowest BCUT2D eigenvalue weighted by atomic mass is 10.1. The summed E-state index contributed by atoms with van der Waals surface area (Å²) in [4.78, 5) is 37.2. The average molecular weight is 652 g/mol. The number of rotatable bonds is 6. The zero-order chi connectivity index (χ0) is 33.2. The highest BCUT2D eigenvalue weighted by Gasteiger charge is 2.31. The smallest absolute Gasteiger partial charge is 0.268 e. The molecular formula is C34H33N7O5S. The van der Waals surface area contributed by atoms with Gasteiger partial charge in [0.25, 0.3) is 15.9 Å². The summed E-state index contributed by atoms with van der Waals surface area (Å²) in [5, 5.41) is 4.79. The normalized spacial score (nSPS) is 17.1. The first kappa shape index (κ1) is 30.4. The van der Waals surface area contributed by atoms with Crippen LogP contribution in [0.15, 0.2) is 77.8 Å². The molecule has 1 fully saturated rings. The number of amides is 1. The second-order valence-electron chi connectivity index (χ2n) is 12.1. The fourth-order valence-electron chi connectivity index (χ4n) is 6.21. The van der Waals surface area contributed by atoms with Crippen LogP contribution < -0.4 is 5.73 Å². The molecule has 2 unspecified atom stereocenters. The molecule has 4 heterocycles. The molecule has 3 N–H and O–H groups in total. The van der Waals surface area contributed by atoms with Crippen molar-refractivity contribution in [1.82, 2.24) is 28.6 Å². The van der Waals surface area contributed by atoms with Crippen LogP contribution in [-0.4, -0.2) is 74.0 Å². The maximum atomic E-state index is 14.3. The highest BCUT2D eigenvalue weighted by Crippen LogP contribution is 2.31. The number of nitrogens with one attached hydrogen (secondary N) is 1. The van der Waals surface area contributed by atoms with Crippen LogP contribution in [0.3, 0.4) is 0 Å². The van der Waals surface area contributed by atoms with Crippen LogP contribution in [0.5, 0.6) is 0 Å². The quantitative estimate of drug-likeness (QED) is 0.247. The molecule has 47 heavy (non-hydrogen) atoms. The van der Waals surface area contributed by atoms with Crippen LogP contribution in [0.25, 0.3) is 27.6 Å².